The van der Waals surface area contributed by atoms with Crippen molar-refractivity contribution < 1.29 is 17.2 Å². The molecule has 17 heavy (non-hydrogen) atoms. The highest BCUT2D eigenvalue weighted by atomic mass is 32.2. The van der Waals surface area contributed by atoms with Crippen molar-refractivity contribution in [3.05, 3.63) is 35.4 Å². The van der Waals surface area contributed by atoms with Gasteiger partial charge >= 0.3 is 0 Å². The quantitative estimate of drug-likeness (QED) is 0.875. The molecule has 1 rings (SSSR count). The van der Waals surface area contributed by atoms with Gasteiger partial charge in [-0.3, -0.25) is 0 Å². The summed E-state index contributed by atoms with van der Waals surface area (Å²) in [5, 5.41) is 2.90. The molecule has 1 N–H and O–H groups in total. The van der Waals surface area contributed by atoms with Gasteiger partial charge in [0.05, 0.1) is 5.75 Å². The Morgan fingerprint density at radius 1 is 1.24 bits per heavy atom. The van der Waals surface area contributed by atoms with E-state index in [0.29, 0.717) is 5.56 Å². The lowest BCUT2D eigenvalue weighted by molar-refractivity contribution is 0.549. The molecular formula is C11H15F2NO2S. The van der Waals surface area contributed by atoms with Gasteiger partial charge in [-0.2, -0.15) is 0 Å². The van der Waals surface area contributed by atoms with Gasteiger partial charge in [-0.05, 0) is 24.6 Å². The molecule has 0 aromatic heterocycles. The first-order valence-electron chi connectivity index (χ1n) is 5.12. The minimum Gasteiger partial charge on any atom is -0.309 e. The number of rotatable bonds is 5. The maximum Gasteiger partial charge on any atom is 0.148 e. The van der Waals surface area contributed by atoms with E-state index in [9.17, 15) is 17.2 Å². The van der Waals surface area contributed by atoms with Crippen molar-refractivity contribution >= 4 is 9.84 Å². The summed E-state index contributed by atoms with van der Waals surface area (Å²) in [7, 11) is -3.05. The van der Waals surface area contributed by atoms with E-state index in [4.69, 9.17) is 0 Å². The Balaban J connectivity index is 2.55. The highest BCUT2D eigenvalue weighted by molar-refractivity contribution is 7.90. The van der Waals surface area contributed by atoms with Crippen LogP contribution in [-0.4, -0.2) is 26.5 Å². The molecule has 1 aromatic carbocycles. The molecule has 0 heterocycles. The second kappa shape index (κ2) is 5.55. The summed E-state index contributed by atoms with van der Waals surface area (Å²) in [6, 6.07) is 2.95. The van der Waals surface area contributed by atoms with E-state index in [1.54, 1.807) is 6.92 Å². The van der Waals surface area contributed by atoms with Gasteiger partial charge in [-0.15, -0.1) is 0 Å². The topological polar surface area (TPSA) is 46.2 Å². The molecule has 0 spiro atoms. The zero-order valence-electron chi connectivity index (χ0n) is 9.70. The smallest absolute Gasteiger partial charge is 0.148 e. The normalized spacial score (nSPS) is 13.6. The summed E-state index contributed by atoms with van der Waals surface area (Å²) in [4.78, 5) is 0. The third-order valence-corrected chi connectivity index (χ3v) is 3.24. The second-order valence-corrected chi connectivity index (χ2v) is 6.34. The lowest BCUT2D eigenvalue weighted by atomic mass is 10.2. The zero-order chi connectivity index (χ0) is 13.1. The Morgan fingerprint density at radius 3 is 2.24 bits per heavy atom. The average Bonchev–Trinajstić information content (AvgIpc) is 2.10. The van der Waals surface area contributed by atoms with Crippen LogP contribution in [0.5, 0.6) is 0 Å². The molecule has 1 unspecified atom stereocenters. The van der Waals surface area contributed by atoms with E-state index >= 15 is 0 Å². The van der Waals surface area contributed by atoms with Crippen LogP contribution in [0.25, 0.3) is 0 Å². The van der Waals surface area contributed by atoms with E-state index in [1.807, 2.05) is 0 Å². The first kappa shape index (κ1) is 14.1. The van der Waals surface area contributed by atoms with Gasteiger partial charge in [0.2, 0.25) is 0 Å². The molecule has 0 fully saturated rings. The second-order valence-electron chi connectivity index (χ2n) is 4.15. The summed E-state index contributed by atoms with van der Waals surface area (Å²) in [6.07, 6.45) is 1.15. The van der Waals surface area contributed by atoms with Crippen molar-refractivity contribution in [3.8, 4) is 0 Å². The maximum absolute atomic E-state index is 12.9. The molecule has 6 heteroatoms. The molecule has 0 aliphatic heterocycles. The number of nitrogens with one attached hydrogen (secondary N) is 1. The monoisotopic (exact) mass is 263 g/mol. The molecule has 3 nitrogen and oxygen atoms in total. The summed E-state index contributed by atoms with van der Waals surface area (Å²) in [5.41, 5.74) is 0.447. The number of hydrogen-bond donors (Lipinski definition) is 1. The Morgan fingerprint density at radius 2 is 1.76 bits per heavy atom. The molecule has 0 aliphatic rings. The van der Waals surface area contributed by atoms with E-state index in [1.165, 1.54) is 12.1 Å². The molecular weight excluding hydrogens is 248 g/mol. The van der Waals surface area contributed by atoms with Gasteiger partial charge in [-0.25, -0.2) is 17.2 Å². The molecule has 0 aliphatic carbocycles. The summed E-state index contributed by atoms with van der Waals surface area (Å²) in [6.45, 7) is 1.93. The molecule has 0 saturated carbocycles. The third-order valence-electron chi connectivity index (χ3n) is 2.13. The van der Waals surface area contributed by atoms with Crippen LogP contribution < -0.4 is 5.32 Å². The fourth-order valence-corrected chi connectivity index (χ4v) is 2.54. The first-order chi connectivity index (χ1) is 7.76. The first-order valence-corrected chi connectivity index (χ1v) is 7.18. The summed E-state index contributed by atoms with van der Waals surface area (Å²) < 4.78 is 47.7. The van der Waals surface area contributed by atoms with Crippen molar-refractivity contribution in [2.75, 3.05) is 12.0 Å². The van der Waals surface area contributed by atoms with Crippen LogP contribution in [0.4, 0.5) is 8.78 Å². The summed E-state index contributed by atoms with van der Waals surface area (Å²) in [5.74, 6) is -1.29. The largest absolute Gasteiger partial charge is 0.309 e. The Kier molecular flexibility index (Phi) is 4.59. The molecule has 1 aromatic rings. The molecule has 1 atom stereocenters. The van der Waals surface area contributed by atoms with Crippen LogP contribution in [0.1, 0.15) is 12.5 Å². The van der Waals surface area contributed by atoms with Crippen LogP contribution in [0.2, 0.25) is 0 Å². The lowest BCUT2D eigenvalue weighted by Crippen LogP contribution is -2.32. The molecule has 0 amide bonds. The predicted molar refractivity (Wildman–Crippen MR) is 62.4 cm³/mol. The van der Waals surface area contributed by atoms with Crippen LogP contribution in [0, 0.1) is 11.6 Å². The molecule has 96 valence electrons. The van der Waals surface area contributed by atoms with Crippen molar-refractivity contribution in [3.63, 3.8) is 0 Å². The van der Waals surface area contributed by atoms with Crippen molar-refractivity contribution in [1.29, 1.82) is 0 Å². The maximum atomic E-state index is 12.9. The fraction of sp³-hybridized carbons (Fsp3) is 0.455. The van der Waals surface area contributed by atoms with Gasteiger partial charge in [0, 0.05) is 24.9 Å². The Hall–Kier alpha value is -1.01. The fourth-order valence-electron chi connectivity index (χ4n) is 1.52. The SMILES string of the molecule is CC(CS(C)(=O)=O)NCc1cc(F)cc(F)c1. The van der Waals surface area contributed by atoms with E-state index in [2.05, 4.69) is 5.32 Å². The Labute approximate surface area is 99.8 Å². The van der Waals surface area contributed by atoms with E-state index < -0.39 is 21.5 Å². The lowest BCUT2D eigenvalue weighted by Gasteiger charge is -2.12. The minimum atomic E-state index is -3.05. The number of sulfone groups is 1. The van der Waals surface area contributed by atoms with Gasteiger partial charge in [0.15, 0.2) is 0 Å². The van der Waals surface area contributed by atoms with Crippen LogP contribution in [0.3, 0.4) is 0 Å². The van der Waals surface area contributed by atoms with Crippen LogP contribution in [0.15, 0.2) is 18.2 Å². The number of benzene rings is 1. The third kappa shape index (κ3) is 5.74. The zero-order valence-corrected chi connectivity index (χ0v) is 10.5. The van der Waals surface area contributed by atoms with Gasteiger partial charge < -0.3 is 5.32 Å². The predicted octanol–water partition coefficient (Wildman–Crippen LogP) is 1.49. The van der Waals surface area contributed by atoms with E-state index in [-0.39, 0.29) is 18.3 Å². The van der Waals surface area contributed by atoms with Gasteiger partial charge in [-0.1, -0.05) is 0 Å². The Bertz CT molecular complexity index is 468. The number of halogens is 2. The van der Waals surface area contributed by atoms with Crippen LogP contribution in [-0.2, 0) is 16.4 Å². The standard InChI is InChI=1S/C11H15F2NO2S/c1-8(7-17(2,15)16)14-6-9-3-10(12)5-11(13)4-9/h3-5,8,14H,6-7H2,1-2H3. The van der Waals surface area contributed by atoms with Crippen molar-refractivity contribution in [2.24, 2.45) is 0 Å². The van der Waals surface area contributed by atoms with Crippen molar-refractivity contribution in [2.45, 2.75) is 19.5 Å². The van der Waals surface area contributed by atoms with Gasteiger partial charge in [0.1, 0.15) is 21.5 Å². The van der Waals surface area contributed by atoms with E-state index in [0.717, 1.165) is 12.3 Å². The minimum absolute atomic E-state index is 0.00913. The molecule has 0 saturated heterocycles. The summed E-state index contributed by atoms with van der Waals surface area (Å²) >= 11 is 0. The average molecular weight is 263 g/mol. The highest BCUT2D eigenvalue weighted by Crippen LogP contribution is 2.08. The molecule has 0 radical (unpaired) electrons. The van der Waals surface area contributed by atoms with Crippen molar-refractivity contribution in [1.82, 2.24) is 5.32 Å². The number of hydrogen-bond acceptors (Lipinski definition) is 3. The highest BCUT2D eigenvalue weighted by Gasteiger charge is 2.10. The van der Waals surface area contributed by atoms with Crippen LogP contribution >= 0.6 is 0 Å². The van der Waals surface area contributed by atoms with Gasteiger partial charge in [0.25, 0.3) is 0 Å². The molecule has 0 bridgehead atoms.